The van der Waals surface area contributed by atoms with Crippen LogP contribution in [-0.4, -0.2) is 43.1 Å². The van der Waals surface area contributed by atoms with Gasteiger partial charge in [-0.15, -0.1) is 0 Å². The van der Waals surface area contributed by atoms with Gasteiger partial charge in [-0.05, 0) is 0 Å². The van der Waals surface area contributed by atoms with Crippen molar-refractivity contribution in [1.29, 1.82) is 0 Å². The Kier molecular flexibility index (Phi) is 7.29. The van der Waals surface area contributed by atoms with Gasteiger partial charge in [-0.25, -0.2) is 0 Å². The normalized spacial score (nSPS) is 8.40. The zero-order valence-electron chi connectivity index (χ0n) is 3.41. The molecule has 0 atom stereocenters. The van der Waals surface area contributed by atoms with Crippen LogP contribution in [0.5, 0.6) is 0 Å². The fourth-order valence-corrected chi connectivity index (χ4v) is 4.59. The molecule has 0 N–H and O–H groups in total. The Morgan fingerprint density at radius 2 is 1.60 bits per heavy atom. The number of hydrogen-bond donors (Lipinski definition) is 0. The Morgan fingerprint density at radius 3 is 1.60 bits per heavy atom. The third-order valence-electron chi connectivity index (χ3n) is 0.204. The van der Waals surface area contributed by atoms with Crippen LogP contribution >= 0.6 is 0 Å². The standard InChI is InChI=1S/2CH3.O.2Sn/h2*1H3;;;. The van der Waals surface area contributed by atoms with Crippen molar-refractivity contribution in [2.45, 2.75) is 9.88 Å². The van der Waals surface area contributed by atoms with Gasteiger partial charge in [0.15, 0.2) is 0 Å². The molecule has 4 radical (unpaired) electrons. The maximum absolute atomic E-state index is 5.17. The Bertz CT molecular complexity index is 15.1. The first-order valence-corrected chi connectivity index (χ1v) is 9.45. The molecule has 1 nitrogen and oxygen atoms in total. The molecule has 28 valence electrons. The molecule has 0 unspecified atom stereocenters. The van der Waals surface area contributed by atoms with E-state index < -0.39 is 0 Å². The average Bonchev–Trinajstić information content (AvgIpc) is 1.41. The minimum atomic E-state index is -0.219. The van der Waals surface area contributed by atoms with Gasteiger partial charge in [0.05, 0.1) is 0 Å². The Morgan fingerprint density at radius 1 is 1.20 bits per heavy atom. The average molecular weight is 283 g/mol. The van der Waals surface area contributed by atoms with E-state index in [1.54, 1.807) is 0 Å². The Balaban J connectivity index is 2.19. The molecule has 0 aromatic carbocycles. The predicted octanol–water partition coefficient (Wildman–Crippen LogP) is 0.338. The molecule has 3 heteroatoms. The summed E-state index contributed by atoms with van der Waals surface area (Å²) in [4.78, 5) is 4.40. The molecule has 0 spiro atoms. The molecule has 0 aromatic heterocycles. The predicted molar refractivity (Wildman–Crippen MR) is 24.3 cm³/mol. The van der Waals surface area contributed by atoms with E-state index in [1.807, 2.05) is 0 Å². The van der Waals surface area contributed by atoms with Crippen LogP contribution < -0.4 is 0 Å². The van der Waals surface area contributed by atoms with Gasteiger partial charge >= 0.3 is 54.4 Å². The van der Waals surface area contributed by atoms with E-state index in [0.29, 0.717) is 0 Å². The molecule has 0 bridgehead atoms. The molecule has 0 aliphatic carbocycles. The molecule has 0 aromatic rings. The van der Waals surface area contributed by atoms with Gasteiger partial charge in [0, 0.05) is 0 Å². The van der Waals surface area contributed by atoms with E-state index in [-0.39, 0.29) is 43.1 Å². The van der Waals surface area contributed by atoms with E-state index >= 15 is 0 Å². The summed E-state index contributed by atoms with van der Waals surface area (Å²) in [5.41, 5.74) is 0. The molecule has 5 heavy (non-hydrogen) atoms. The van der Waals surface area contributed by atoms with E-state index in [2.05, 4.69) is 9.88 Å². The fourth-order valence-electron chi connectivity index (χ4n) is 0.102. The molecule has 0 rings (SSSR count). The third-order valence-corrected chi connectivity index (χ3v) is 9.19. The van der Waals surface area contributed by atoms with Gasteiger partial charge in [-0.3, -0.25) is 0 Å². The van der Waals surface area contributed by atoms with E-state index in [1.165, 1.54) is 0 Å². The number of hydrogen-bond acceptors (Lipinski definition) is 1. The second-order valence-corrected chi connectivity index (χ2v) is 7.33. The van der Waals surface area contributed by atoms with E-state index in [9.17, 15) is 0 Å². The molecule has 0 saturated heterocycles. The zero-order chi connectivity index (χ0) is 4.12. The van der Waals surface area contributed by atoms with Gasteiger partial charge < -0.3 is 0 Å². The summed E-state index contributed by atoms with van der Waals surface area (Å²) in [5.74, 6) is 0. The van der Waals surface area contributed by atoms with Crippen LogP contribution in [-0.2, 0) is 1.41 Å². The van der Waals surface area contributed by atoms with Crippen molar-refractivity contribution in [3.8, 4) is 0 Å². The molecular formula is C2H6OSn2. The maximum atomic E-state index is 5.17. The summed E-state index contributed by atoms with van der Waals surface area (Å²) in [6.07, 6.45) is 0. The van der Waals surface area contributed by atoms with Crippen LogP contribution in [0.2, 0.25) is 9.88 Å². The zero-order valence-corrected chi connectivity index (χ0v) is 9.12. The minimum absolute atomic E-state index is 0.219. The third kappa shape index (κ3) is 5.56. The van der Waals surface area contributed by atoms with Gasteiger partial charge in [0.25, 0.3) is 0 Å². The Hall–Kier alpha value is 1.56. The van der Waals surface area contributed by atoms with E-state index in [4.69, 9.17) is 1.41 Å². The molecule has 0 heterocycles. The summed E-state index contributed by atoms with van der Waals surface area (Å²) in [7, 11) is 0. The topological polar surface area (TPSA) is 9.23 Å². The van der Waals surface area contributed by atoms with Crippen molar-refractivity contribution in [2.75, 3.05) is 0 Å². The van der Waals surface area contributed by atoms with Crippen LogP contribution in [0, 0.1) is 0 Å². The van der Waals surface area contributed by atoms with Crippen LogP contribution in [0.25, 0.3) is 0 Å². The first-order valence-electron chi connectivity index (χ1n) is 1.41. The SMILES string of the molecule is [CH3][Sn][O][Sn][CH3]. The summed E-state index contributed by atoms with van der Waals surface area (Å²) in [5, 5.41) is 0. The first kappa shape index (κ1) is 6.56. The summed E-state index contributed by atoms with van der Waals surface area (Å²) >= 11 is -0.437. The quantitative estimate of drug-likeness (QED) is 0.664. The molecular weight excluding hydrogens is 277 g/mol. The van der Waals surface area contributed by atoms with Crippen molar-refractivity contribution < 1.29 is 1.41 Å². The summed E-state index contributed by atoms with van der Waals surface area (Å²) < 4.78 is 5.17. The van der Waals surface area contributed by atoms with Crippen molar-refractivity contribution in [3.05, 3.63) is 0 Å². The van der Waals surface area contributed by atoms with E-state index in [0.717, 1.165) is 0 Å². The second-order valence-electron chi connectivity index (χ2n) is 0.510. The fraction of sp³-hybridized carbons (Fsp3) is 1.00. The van der Waals surface area contributed by atoms with Crippen LogP contribution in [0.4, 0.5) is 0 Å². The Labute approximate surface area is 54.0 Å². The van der Waals surface area contributed by atoms with Crippen LogP contribution in [0.3, 0.4) is 0 Å². The van der Waals surface area contributed by atoms with Crippen molar-refractivity contribution >= 4 is 43.1 Å². The summed E-state index contributed by atoms with van der Waals surface area (Å²) in [6.45, 7) is 0. The molecule has 0 saturated carbocycles. The molecule has 0 aliphatic heterocycles. The molecule has 0 amide bonds. The summed E-state index contributed by atoms with van der Waals surface area (Å²) in [6, 6.07) is 0. The van der Waals surface area contributed by atoms with Crippen LogP contribution in [0.15, 0.2) is 0 Å². The van der Waals surface area contributed by atoms with Crippen molar-refractivity contribution in [3.63, 3.8) is 0 Å². The number of rotatable bonds is 2. The molecule has 0 fully saturated rings. The van der Waals surface area contributed by atoms with Gasteiger partial charge in [-0.2, -0.15) is 0 Å². The van der Waals surface area contributed by atoms with Crippen molar-refractivity contribution in [1.82, 2.24) is 0 Å². The molecule has 0 aliphatic rings. The van der Waals surface area contributed by atoms with Crippen LogP contribution in [0.1, 0.15) is 0 Å². The first-order chi connectivity index (χ1) is 2.41. The second kappa shape index (κ2) is 5.56. The monoisotopic (exact) mass is 286 g/mol. The van der Waals surface area contributed by atoms with Gasteiger partial charge in [0.2, 0.25) is 0 Å². The van der Waals surface area contributed by atoms with Gasteiger partial charge in [-0.1, -0.05) is 0 Å². The van der Waals surface area contributed by atoms with Crippen molar-refractivity contribution in [2.24, 2.45) is 0 Å². The van der Waals surface area contributed by atoms with Gasteiger partial charge in [0.1, 0.15) is 0 Å².